The van der Waals surface area contributed by atoms with Crippen molar-refractivity contribution in [3.63, 3.8) is 0 Å². The van der Waals surface area contributed by atoms with Gasteiger partial charge in [-0.3, -0.25) is 0 Å². The molecule has 2 rings (SSSR count). The van der Waals surface area contributed by atoms with Gasteiger partial charge < -0.3 is 10.2 Å². The largest absolute Gasteiger partial charge is 0.357 e. The van der Waals surface area contributed by atoms with Gasteiger partial charge in [-0.1, -0.05) is 25.8 Å². The number of aromatic nitrogens is 1. The first-order chi connectivity index (χ1) is 9.31. The quantitative estimate of drug-likeness (QED) is 0.825. The fraction of sp³-hybridized carbons (Fsp3) is 0.688. The maximum absolute atomic E-state index is 4.80. The lowest BCUT2D eigenvalue weighted by molar-refractivity contribution is 0.670. The Morgan fingerprint density at radius 1 is 1.16 bits per heavy atom. The summed E-state index contributed by atoms with van der Waals surface area (Å²) in [6.07, 6.45) is 6.53. The molecule has 1 saturated heterocycles. The average molecular weight is 261 g/mol. The summed E-state index contributed by atoms with van der Waals surface area (Å²) >= 11 is 0. The van der Waals surface area contributed by atoms with Gasteiger partial charge in [-0.2, -0.15) is 0 Å². The van der Waals surface area contributed by atoms with Crippen molar-refractivity contribution < 1.29 is 0 Å². The van der Waals surface area contributed by atoms with E-state index in [1.54, 1.807) is 0 Å². The number of nitrogens with one attached hydrogen (secondary N) is 1. The predicted molar refractivity (Wildman–Crippen MR) is 81.7 cm³/mol. The summed E-state index contributed by atoms with van der Waals surface area (Å²) in [4.78, 5) is 7.25. The van der Waals surface area contributed by atoms with Crippen LogP contribution in [0.3, 0.4) is 0 Å². The smallest absolute Gasteiger partial charge is 0.128 e. The summed E-state index contributed by atoms with van der Waals surface area (Å²) in [5, 5.41) is 3.45. The molecule has 0 amide bonds. The van der Waals surface area contributed by atoms with Gasteiger partial charge in [-0.15, -0.1) is 0 Å². The highest BCUT2D eigenvalue weighted by Crippen LogP contribution is 2.19. The van der Waals surface area contributed by atoms with Crippen LogP contribution in [0, 0.1) is 6.92 Å². The molecular weight excluding hydrogens is 234 g/mol. The van der Waals surface area contributed by atoms with Crippen molar-refractivity contribution in [2.24, 2.45) is 0 Å². The second kappa shape index (κ2) is 7.49. The lowest BCUT2D eigenvalue weighted by Gasteiger charge is -2.22. The van der Waals surface area contributed by atoms with E-state index in [2.05, 4.69) is 36.2 Å². The van der Waals surface area contributed by atoms with Crippen LogP contribution in [0.15, 0.2) is 12.1 Å². The minimum Gasteiger partial charge on any atom is -0.357 e. The van der Waals surface area contributed by atoms with Gasteiger partial charge in [-0.05, 0) is 44.4 Å². The van der Waals surface area contributed by atoms with E-state index in [1.165, 1.54) is 62.3 Å². The summed E-state index contributed by atoms with van der Waals surface area (Å²) in [5.41, 5.74) is 2.50. The minimum atomic E-state index is 0.937. The van der Waals surface area contributed by atoms with E-state index in [1.807, 2.05) is 0 Å². The SMILES string of the molecule is CCCNCc1ccc(N2CCCCCC2)nc1C. The summed E-state index contributed by atoms with van der Waals surface area (Å²) in [7, 11) is 0. The van der Waals surface area contributed by atoms with Crippen molar-refractivity contribution >= 4 is 5.82 Å². The molecule has 1 N–H and O–H groups in total. The van der Waals surface area contributed by atoms with E-state index in [0.29, 0.717) is 0 Å². The third-order valence-electron chi connectivity index (χ3n) is 3.85. The molecule has 0 unspecified atom stereocenters. The molecule has 1 aliphatic rings. The molecule has 0 radical (unpaired) electrons. The molecule has 19 heavy (non-hydrogen) atoms. The second-order valence-electron chi connectivity index (χ2n) is 5.49. The molecule has 0 bridgehead atoms. The topological polar surface area (TPSA) is 28.2 Å². The van der Waals surface area contributed by atoms with E-state index in [4.69, 9.17) is 4.98 Å². The Bertz CT molecular complexity index is 382. The zero-order chi connectivity index (χ0) is 13.5. The average Bonchev–Trinajstić information content (AvgIpc) is 2.70. The van der Waals surface area contributed by atoms with Gasteiger partial charge in [0.1, 0.15) is 5.82 Å². The molecule has 1 aromatic rings. The molecule has 1 aliphatic heterocycles. The van der Waals surface area contributed by atoms with Gasteiger partial charge in [0.25, 0.3) is 0 Å². The normalized spacial score (nSPS) is 16.4. The van der Waals surface area contributed by atoms with Crippen molar-refractivity contribution in [3.8, 4) is 0 Å². The van der Waals surface area contributed by atoms with Gasteiger partial charge in [0, 0.05) is 25.3 Å². The highest BCUT2D eigenvalue weighted by molar-refractivity contribution is 5.41. The highest BCUT2D eigenvalue weighted by atomic mass is 15.2. The van der Waals surface area contributed by atoms with Crippen LogP contribution in [0.2, 0.25) is 0 Å². The van der Waals surface area contributed by atoms with E-state index in [0.717, 1.165) is 13.1 Å². The molecule has 3 heteroatoms. The van der Waals surface area contributed by atoms with Gasteiger partial charge in [0.15, 0.2) is 0 Å². The molecule has 1 fully saturated rings. The molecule has 1 aromatic heterocycles. The summed E-state index contributed by atoms with van der Waals surface area (Å²) in [6, 6.07) is 4.44. The standard InChI is InChI=1S/C16H27N3/c1-3-10-17-13-15-8-9-16(18-14(15)2)19-11-6-4-5-7-12-19/h8-9,17H,3-7,10-13H2,1-2H3. The zero-order valence-electron chi connectivity index (χ0n) is 12.4. The molecule has 0 aromatic carbocycles. The van der Waals surface area contributed by atoms with Crippen molar-refractivity contribution in [3.05, 3.63) is 23.4 Å². The number of pyridine rings is 1. The minimum absolute atomic E-state index is 0.937. The van der Waals surface area contributed by atoms with Crippen molar-refractivity contribution in [1.29, 1.82) is 0 Å². The maximum atomic E-state index is 4.80. The first kappa shape index (κ1) is 14.3. The Morgan fingerprint density at radius 3 is 2.53 bits per heavy atom. The first-order valence-corrected chi connectivity index (χ1v) is 7.73. The molecule has 0 aliphatic carbocycles. The Morgan fingerprint density at radius 2 is 1.89 bits per heavy atom. The number of hydrogen-bond donors (Lipinski definition) is 1. The van der Waals surface area contributed by atoms with E-state index < -0.39 is 0 Å². The summed E-state index contributed by atoms with van der Waals surface area (Å²) in [5.74, 6) is 1.17. The molecule has 0 spiro atoms. The molecule has 2 heterocycles. The van der Waals surface area contributed by atoms with Crippen LogP contribution in [0.4, 0.5) is 5.82 Å². The molecular formula is C16H27N3. The number of hydrogen-bond acceptors (Lipinski definition) is 3. The van der Waals surface area contributed by atoms with Crippen molar-refractivity contribution in [1.82, 2.24) is 10.3 Å². The predicted octanol–water partition coefficient (Wildman–Crippen LogP) is 3.27. The first-order valence-electron chi connectivity index (χ1n) is 7.73. The second-order valence-corrected chi connectivity index (χ2v) is 5.49. The summed E-state index contributed by atoms with van der Waals surface area (Å²) in [6.45, 7) is 8.67. The fourth-order valence-corrected chi connectivity index (χ4v) is 2.64. The molecule has 106 valence electrons. The van der Waals surface area contributed by atoms with Crippen LogP contribution in [0.25, 0.3) is 0 Å². The Hall–Kier alpha value is -1.09. The van der Waals surface area contributed by atoms with E-state index >= 15 is 0 Å². The van der Waals surface area contributed by atoms with Gasteiger partial charge in [0.05, 0.1) is 0 Å². The van der Waals surface area contributed by atoms with Crippen LogP contribution < -0.4 is 10.2 Å². The van der Waals surface area contributed by atoms with E-state index in [-0.39, 0.29) is 0 Å². The fourth-order valence-electron chi connectivity index (χ4n) is 2.64. The van der Waals surface area contributed by atoms with Crippen LogP contribution in [-0.2, 0) is 6.54 Å². The van der Waals surface area contributed by atoms with E-state index in [9.17, 15) is 0 Å². The van der Waals surface area contributed by atoms with Crippen LogP contribution >= 0.6 is 0 Å². The van der Waals surface area contributed by atoms with Crippen molar-refractivity contribution in [2.45, 2.75) is 52.5 Å². The Labute approximate surface area is 117 Å². The zero-order valence-corrected chi connectivity index (χ0v) is 12.4. The number of nitrogens with zero attached hydrogens (tertiary/aromatic N) is 2. The Kier molecular flexibility index (Phi) is 5.64. The van der Waals surface area contributed by atoms with Crippen molar-refractivity contribution in [2.75, 3.05) is 24.5 Å². The summed E-state index contributed by atoms with van der Waals surface area (Å²) < 4.78 is 0. The lowest BCUT2D eigenvalue weighted by Crippen LogP contribution is -2.25. The highest BCUT2D eigenvalue weighted by Gasteiger charge is 2.11. The molecule has 0 saturated carbocycles. The molecule has 3 nitrogen and oxygen atoms in total. The van der Waals surface area contributed by atoms with Crippen LogP contribution in [-0.4, -0.2) is 24.6 Å². The van der Waals surface area contributed by atoms with Crippen LogP contribution in [0.5, 0.6) is 0 Å². The van der Waals surface area contributed by atoms with Gasteiger partial charge in [0.2, 0.25) is 0 Å². The number of aryl methyl sites for hydroxylation is 1. The Balaban J connectivity index is 2.00. The molecule has 0 atom stereocenters. The lowest BCUT2D eigenvalue weighted by atomic mass is 10.2. The van der Waals surface area contributed by atoms with Gasteiger partial charge in [-0.25, -0.2) is 4.98 Å². The number of anilines is 1. The maximum Gasteiger partial charge on any atom is 0.128 e. The third kappa shape index (κ3) is 4.20. The third-order valence-corrected chi connectivity index (χ3v) is 3.85. The monoisotopic (exact) mass is 261 g/mol. The van der Waals surface area contributed by atoms with Gasteiger partial charge >= 0.3 is 0 Å². The van der Waals surface area contributed by atoms with Crippen LogP contribution in [0.1, 0.15) is 50.3 Å². The number of rotatable bonds is 5.